The van der Waals surface area contributed by atoms with Gasteiger partial charge in [0.25, 0.3) is 0 Å². The fourth-order valence-electron chi connectivity index (χ4n) is 6.03. The van der Waals surface area contributed by atoms with Gasteiger partial charge in [0.15, 0.2) is 0 Å². The summed E-state index contributed by atoms with van der Waals surface area (Å²) < 4.78 is 0. The third-order valence-electron chi connectivity index (χ3n) is 8.13. The van der Waals surface area contributed by atoms with E-state index in [2.05, 4.69) is 165 Å². The van der Waals surface area contributed by atoms with Gasteiger partial charge in [0.1, 0.15) is 0 Å². The summed E-state index contributed by atoms with van der Waals surface area (Å²) in [6.07, 6.45) is 23.3. The maximum atomic E-state index is 4.61. The summed E-state index contributed by atoms with van der Waals surface area (Å²) in [7, 11) is 0. The minimum Gasteiger partial charge on any atom is -0.0915 e. The summed E-state index contributed by atoms with van der Waals surface area (Å²) in [5, 5.41) is 2.41. The molecule has 0 amide bonds. The molecule has 0 heterocycles. The Morgan fingerprint density at radius 3 is 2.23 bits per heavy atom. The summed E-state index contributed by atoms with van der Waals surface area (Å²) in [6.45, 7) is 8.97. The van der Waals surface area contributed by atoms with Crippen LogP contribution in [0.5, 0.6) is 0 Å². The third-order valence-corrected chi connectivity index (χ3v) is 8.13. The van der Waals surface area contributed by atoms with Gasteiger partial charge >= 0.3 is 0 Å². The summed E-state index contributed by atoms with van der Waals surface area (Å²) >= 11 is 0. The van der Waals surface area contributed by atoms with Gasteiger partial charge in [0.05, 0.1) is 0 Å². The van der Waals surface area contributed by atoms with Crippen molar-refractivity contribution < 1.29 is 0 Å². The lowest BCUT2D eigenvalue weighted by atomic mass is 9.76. The highest BCUT2D eigenvalue weighted by atomic mass is 14.3. The van der Waals surface area contributed by atoms with Crippen molar-refractivity contribution in [3.8, 4) is 0 Å². The van der Waals surface area contributed by atoms with Crippen molar-refractivity contribution in [1.29, 1.82) is 0 Å². The molecule has 3 aliphatic carbocycles. The van der Waals surface area contributed by atoms with Crippen LogP contribution in [0.4, 0.5) is 0 Å². The number of benzene rings is 2. The molecule has 3 aromatic rings. The first kappa shape index (κ1) is 25.6. The molecule has 6 rings (SSSR count). The Kier molecular flexibility index (Phi) is 7.42. The fraction of sp³-hybridized carbons (Fsp3) is 0.100. The summed E-state index contributed by atoms with van der Waals surface area (Å²) in [5.74, 6) is 1.05. The molecule has 0 fully saturated rings. The molecule has 3 aromatic carbocycles. The van der Waals surface area contributed by atoms with Crippen LogP contribution in [0.25, 0.3) is 21.9 Å². The average molecular weight is 515 g/mol. The van der Waals surface area contributed by atoms with E-state index in [0.717, 1.165) is 23.1 Å². The lowest BCUT2D eigenvalue weighted by molar-refractivity contribution is 0.678. The molecule has 0 spiro atoms. The Bertz CT molecular complexity index is 1700. The van der Waals surface area contributed by atoms with Crippen LogP contribution in [0, 0.1) is 11.8 Å². The number of hydrogen-bond donors (Lipinski definition) is 0. The van der Waals surface area contributed by atoms with E-state index in [-0.39, 0.29) is 0 Å². The molecule has 0 radical (unpaired) electrons. The molecule has 0 saturated heterocycles. The van der Waals surface area contributed by atoms with E-state index < -0.39 is 0 Å². The van der Waals surface area contributed by atoms with E-state index in [1.54, 1.807) is 0 Å². The zero-order valence-electron chi connectivity index (χ0n) is 22.8. The van der Waals surface area contributed by atoms with Gasteiger partial charge in [-0.2, -0.15) is 0 Å². The SMILES string of the molecule is C=C1C=CC(c2ccccc2)C/C1=C/C(=C)c1ccccccc(C2=CC=CC3C=CC=CC23)c2ccccc12. The molecule has 0 N–H and O–H groups in total. The normalized spacial score (nSPS) is 22.1. The van der Waals surface area contributed by atoms with Gasteiger partial charge < -0.3 is 0 Å². The van der Waals surface area contributed by atoms with Crippen LogP contribution in [0.15, 0.2) is 176 Å². The van der Waals surface area contributed by atoms with Gasteiger partial charge in [-0.3, -0.25) is 0 Å². The molecular formula is C40H34. The Balaban J connectivity index is 1.48. The lowest BCUT2D eigenvalue weighted by Crippen LogP contribution is -2.15. The molecule has 0 heteroatoms. The molecule has 3 atom stereocenters. The van der Waals surface area contributed by atoms with E-state index in [1.165, 1.54) is 33.0 Å². The van der Waals surface area contributed by atoms with Gasteiger partial charge in [-0.15, -0.1) is 0 Å². The van der Waals surface area contributed by atoms with Gasteiger partial charge in [0.2, 0.25) is 0 Å². The summed E-state index contributed by atoms with van der Waals surface area (Å²) in [6, 6.07) is 32.4. The standard InChI is InChI=1S/C40H34/c1-29-25-26-33(31-15-6-5-7-16-31)28-34(29)27-30(2)35-19-8-3-4-9-21-40(39-23-13-12-22-37(35)39)38-24-14-18-32-17-10-11-20-36(32)38/h3-27,32-33,36H,1-2,28H2/b4-3?,8-3?,9-4?,19-8?,21-9?,34-27-,35-19?,37-35?,40-21?,40-39?. The molecule has 3 aliphatic rings. The van der Waals surface area contributed by atoms with Crippen LogP contribution in [-0.2, 0) is 0 Å². The molecular weight excluding hydrogens is 480 g/mol. The molecule has 0 nitrogen and oxygen atoms in total. The van der Waals surface area contributed by atoms with Crippen LogP contribution < -0.4 is 0 Å². The van der Waals surface area contributed by atoms with E-state index in [0.29, 0.717) is 17.8 Å². The predicted octanol–water partition coefficient (Wildman–Crippen LogP) is 10.5. The van der Waals surface area contributed by atoms with Gasteiger partial charge in [-0.1, -0.05) is 165 Å². The quantitative estimate of drug-likeness (QED) is 0.325. The van der Waals surface area contributed by atoms with Crippen molar-refractivity contribution in [3.63, 3.8) is 0 Å². The van der Waals surface area contributed by atoms with Crippen LogP contribution >= 0.6 is 0 Å². The molecule has 40 heavy (non-hydrogen) atoms. The number of hydrogen-bond acceptors (Lipinski definition) is 0. The first-order valence-electron chi connectivity index (χ1n) is 14.1. The van der Waals surface area contributed by atoms with E-state index in [1.807, 2.05) is 0 Å². The minimum absolute atomic E-state index is 0.325. The van der Waals surface area contributed by atoms with Crippen LogP contribution in [0.1, 0.15) is 29.0 Å². The summed E-state index contributed by atoms with van der Waals surface area (Å²) in [5.41, 5.74) is 8.34. The highest BCUT2D eigenvalue weighted by molar-refractivity contribution is 6.00. The Morgan fingerprint density at radius 2 is 1.38 bits per heavy atom. The van der Waals surface area contributed by atoms with Crippen molar-refractivity contribution in [1.82, 2.24) is 0 Å². The maximum Gasteiger partial charge on any atom is 0.0125 e. The van der Waals surface area contributed by atoms with Gasteiger partial charge in [-0.25, -0.2) is 0 Å². The largest absolute Gasteiger partial charge is 0.0915 e. The van der Waals surface area contributed by atoms with Crippen molar-refractivity contribution in [2.75, 3.05) is 0 Å². The van der Waals surface area contributed by atoms with Crippen LogP contribution in [-0.4, -0.2) is 0 Å². The smallest absolute Gasteiger partial charge is 0.0125 e. The summed E-state index contributed by atoms with van der Waals surface area (Å²) in [4.78, 5) is 0. The third kappa shape index (κ3) is 5.26. The average Bonchev–Trinajstić information content (AvgIpc) is 3.00. The molecule has 0 aliphatic heterocycles. The Hall–Kier alpha value is -4.68. The zero-order valence-corrected chi connectivity index (χ0v) is 22.8. The van der Waals surface area contributed by atoms with Crippen molar-refractivity contribution in [2.24, 2.45) is 11.8 Å². The highest BCUT2D eigenvalue weighted by Gasteiger charge is 2.24. The van der Waals surface area contributed by atoms with Crippen LogP contribution in [0.2, 0.25) is 0 Å². The first-order chi connectivity index (χ1) is 19.7. The Labute approximate surface area is 238 Å². The fourth-order valence-corrected chi connectivity index (χ4v) is 6.03. The first-order valence-corrected chi connectivity index (χ1v) is 14.1. The lowest BCUT2D eigenvalue weighted by Gasteiger charge is -2.27. The molecule has 0 aromatic heterocycles. The molecule has 0 bridgehead atoms. The van der Waals surface area contributed by atoms with Crippen molar-refractivity contribution in [3.05, 3.63) is 193 Å². The van der Waals surface area contributed by atoms with E-state index in [9.17, 15) is 0 Å². The predicted molar refractivity (Wildman–Crippen MR) is 173 cm³/mol. The van der Waals surface area contributed by atoms with Gasteiger partial charge in [0, 0.05) is 17.8 Å². The van der Waals surface area contributed by atoms with Crippen LogP contribution in [0.3, 0.4) is 0 Å². The minimum atomic E-state index is 0.325. The number of fused-ring (bicyclic) bond motifs is 2. The second-order valence-corrected chi connectivity index (χ2v) is 10.7. The maximum absolute atomic E-state index is 4.61. The Morgan fingerprint density at radius 1 is 0.700 bits per heavy atom. The zero-order chi connectivity index (χ0) is 27.3. The molecule has 194 valence electrons. The number of allylic oxidation sites excluding steroid dienone is 14. The van der Waals surface area contributed by atoms with Crippen molar-refractivity contribution >= 4 is 21.9 Å². The van der Waals surface area contributed by atoms with Gasteiger partial charge in [-0.05, 0) is 56.2 Å². The molecule has 3 unspecified atom stereocenters. The molecule has 0 saturated carbocycles. The van der Waals surface area contributed by atoms with Crippen molar-refractivity contribution in [2.45, 2.75) is 12.3 Å². The number of rotatable bonds is 4. The monoisotopic (exact) mass is 514 g/mol. The highest BCUT2D eigenvalue weighted by Crippen LogP contribution is 2.40. The van der Waals surface area contributed by atoms with E-state index in [4.69, 9.17) is 0 Å². The second-order valence-electron chi connectivity index (χ2n) is 10.7. The van der Waals surface area contributed by atoms with E-state index >= 15 is 0 Å². The second kappa shape index (κ2) is 11.6. The topological polar surface area (TPSA) is 0 Å².